The van der Waals surface area contributed by atoms with Crippen molar-refractivity contribution in [3.05, 3.63) is 35.9 Å². The molecule has 0 fully saturated rings. The average Bonchev–Trinajstić information content (AvgIpc) is 1.91. The predicted octanol–water partition coefficient (Wildman–Crippen LogP) is 1.28. The summed E-state index contributed by atoms with van der Waals surface area (Å²) in [6, 6.07) is 10.7. The SMILES string of the molecule is [SbH2][CH2]Cc1ccccc1. The van der Waals surface area contributed by atoms with E-state index < -0.39 is 0 Å². The molecule has 0 saturated carbocycles. The van der Waals surface area contributed by atoms with E-state index in [2.05, 4.69) is 30.3 Å². The van der Waals surface area contributed by atoms with Crippen LogP contribution < -0.4 is 0 Å². The van der Waals surface area contributed by atoms with E-state index in [1.54, 1.807) is 0 Å². The molecular weight excluding hydrogens is 218 g/mol. The van der Waals surface area contributed by atoms with Crippen LogP contribution >= 0.6 is 0 Å². The summed E-state index contributed by atoms with van der Waals surface area (Å²) in [5.41, 5.74) is 1.48. The molecule has 0 heterocycles. The zero-order chi connectivity index (χ0) is 6.53. The molecule has 0 N–H and O–H groups in total. The normalized spacial score (nSPS) is 9.44. The third-order valence-electron chi connectivity index (χ3n) is 1.28. The number of benzene rings is 1. The van der Waals surface area contributed by atoms with E-state index >= 15 is 0 Å². The Morgan fingerprint density at radius 1 is 1.11 bits per heavy atom. The Hall–Kier alpha value is 0.0382. The van der Waals surface area contributed by atoms with Crippen LogP contribution in [-0.2, 0) is 6.42 Å². The fourth-order valence-electron chi connectivity index (χ4n) is 0.811. The molecule has 0 saturated heterocycles. The molecule has 0 aromatic heterocycles. The van der Waals surface area contributed by atoms with E-state index in [0.717, 1.165) is 0 Å². The van der Waals surface area contributed by atoms with Crippen LogP contribution in [-0.4, -0.2) is 23.0 Å². The van der Waals surface area contributed by atoms with Crippen molar-refractivity contribution in [3.63, 3.8) is 0 Å². The van der Waals surface area contributed by atoms with Crippen molar-refractivity contribution in [1.82, 2.24) is 0 Å². The Labute approximate surface area is 69.8 Å². The Kier molecular flexibility index (Phi) is 3.14. The second-order valence-corrected chi connectivity index (χ2v) is 3.67. The predicted molar refractivity (Wildman–Crippen MR) is 43.5 cm³/mol. The first-order valence-corrected chi connectivity index (χ1v) is 5.50. The van der Waals surface area contributed by atoms with Gasteiger partial charge in [-0.1, -0.05) is 0 Å². The van der Waals surface area contributed by atoms with Gasteiger partial charge in [0.1, 0.15) is 0 Å². The van der Waals surface area contributed by atoms with Gasteiger partial charge in [0, 0.05) is 0 Å². The molecule has 1 heteroatoms. The first-order chi connectivity index (χ1) is 4.43. The third-order valence-corrected chi connectivity index (χ3v) is 2.10. The fourth-order valence-corrected chi connectivity index (χ4v) is 1.76. The Morgan fingerprint density at radius 3 is 2.33 bits per heavy atom. The van der Waals surface area contributed by atoms with E-state index in [9.17, 15) is 0 Å². The molecule has 1 rings (SSSR count). The second-order valence-electron chi connectivity index (χ2n) is 2.02. The van der Waals surface area contributed by atoms with Crippen molar-refractivity contribution in [2.75, 3.05) is 0 Å². The monoisotopic (exact) mass is 228 g/mol. The molecule has 0 aliphatic rings. The van der Waals surface area contributed by atoms with E-state index in [1.165, 1.54) is 39.4 Å². The van der Waals surface area contributed by atoms with Crippen molar-refractivity contribution >= 4 is 23.0 Å². The zero-order valence-corrected chi connectivity index (χ0v) is 8.67. The van der Waals surface area contributed by atoms with E-state index in [4.69, 9.17) is 0 Å². The summed E-state index contributed by atoms with van der Waals surface area (Å²) in [5.74, 6) is 0. The molecule has 0 aliphatic carbocycles. The molecule has 0 atom stereocenters. The van der Waals surface area contributed by atoms with Crippen LogP contribution in [0.3, 0.4) is 0 Å². The van der Waals surface area contributed by atoms with Crippen molar-refractivity contribution < 1.29 is 0 Å². The van der Waals surface area contributed by atoms with E-state index in [0.29, 0.717) is 0 Å². The van der Waals surface area contributed by atoms with Crippen molar-refractivity contribution in [2.45, 2.75) is 10.8 Å². The topological polar surface area (TPSA) is 0 Å². The van der Waals surface area contributed by atoms with Crippen LogP contribution in [0.15, 0.2) is 30.3 Å². The van der Waals surface area contributed by atoms with Crippen LogP contribution in [0.4, 0.5) is 0 Å². The van der Waals surface area contributed by atoms with Gasteiger partial charge in [0.05, 0.1) is 0 Å². The van der Waals surface area contributed by atoms with Crippen LogP contribution in [0.25, 0.3) is 0 Å². The zero-order valence-electron chi connectivity index (χ0n) is 5.38. The van der Waals surface area contributed by atoms with Gasteiger partial charge in [0.25, 0.3) is 0 Å². The average molecular weight is 229 g/mol. The van der Waals surface area contributed by atoms with Crippen LogP contribution in [0.2, 0.25) is 4.37 Å². The molecule has 0 bridgehead atoms. The summed E-state index contributed by atoms with van der Waals surface area (Å²) in [5, 5.41) is 0. The summed E-state index contributed by atoms with van der Waals surface area (Å²) in [7, 11) is 0. The van der Waals surface area contributed by atoms with Gasteiger partial charge in [-0.2, -0.15) is 0 Å². The molecule has 0 unspecified atom stereocenters. The number of rotatable bonds is 2. The molecule has 0 spiro atoms. The van der Waals surface area contributed by atoms with Gasteiger partial charge < -0.3 is 0 Å². The minimum absolute atomic E-state index is 1.27. The Morgan fingerprint density at radius 2 is 1.78 bits per heavy atom. The van der Waals surface area contributed by atoms with Crippen molar-refractivity contribution in [2.24, 2.45) is 0 Å². The number of hydrogen-bond acceptors (Lipinski definition) is 0. The van der Waals surface area contributed by atoms with Gasteiger partial charge in [-0.15, -0.1) is 0 Å². The van der Waals surface area contributed by atoms with Gasteiger partial charge in [-0.25, -0.2) is 0 Å². The minimum atomic E-state index is 1.27. The summed E-state index contributed by atoms with van der Waals surface area (Å²) in [6.07, 6.45) is 1.27. The summed E-state index contributed by atoms with van der Waals surface area (Å²) >= 11 is 1.38. The molecule has 48 valence electrons. The summed E-state index contributed by atoms with van der Waals surface area (Å²) in [4.78, 5) is 0. The number of hydrogen-bond donors (Lipinski definition) is 0. The molecule has 0 aliphatic heterocycles. The molecule has 1 aromatic carbocycles. The molecule has 0 radical (unpaired) electrons. The second kappa shape index (κ2) is 3.95. The molecule has 0 nitrogen and oxygen atoms in total. The van der Waals surface area contributed by atoms with Crippen molar-refractivity contribution in [3.8, 4) is 0 Å². The third kappa shape index (κ3) is 2.41. The first-order valence-electron chi connectivity index (χ1n) is 3.17. The van der Waals surface area contributed by atoms with Crippen LogP contribution in [0.5, 0.6) is 0 Å². The fraction of sp³-hybridized carbons (Fsp3) is 0.250. The molecule has 1 aromatic rings. The molecule has 9 heavy (non-hydrogen) atoms. The molecular formula is C8H11Sb. The Bertz CT molecular complexity index is 157. The quantitative estimate of drug-likeness (QED) is 0.670. The first kappa shape index (κ1) is 7.15. The maximum atomic E-state index is 2.19. The van der Waals surface area contributed by atoms with Crippen LogP contribution in [0, 0.1) is 0 Å². The standard InChI is InChI=1S/C8H9.Sb.2H/c1-2-8-6-4-3-5-7-8;;;/h3-7H,1-2H2;;;. The van der Waals surface area contributed by atoms with E-state index in [1.807, 2.05) is 0 Å². The maximum absolute atomic E-state index is 2.19. The molecule has 0 amide bonds. The van der Waals surface area contributed by atoms with Crippen LogP contribution in [0.1, 0.15) is 5.56 Å². The van der Waals surface area contributed by atoms with Crippen molar-refractivity contribution in [1.29, 1.82) is 0 Å². The van der Waals surface area contributed by atoms with Gasteiger partial charge >= 0.3 is 69.7 Å². The van der Waals surface area contributed by atoms with Gasteiger partial charge in [0.15, 0.2) is 0 Å². The Balaban J connectivity index is 2.61. The van der Waals surface area contributed by atoms with Gasteiger partial charge in [0.2, 0.25) is 0 Å². The summed E-state index contributed by atoms with van der Waals surface area (Å²) in [6.45, 7) is 0. The van der Waals surface area contributed by atoms with E-state index in [-0.39, 0.29) is 0 Å². The summed E-state index contributed by atoms with van der Waals surface area (Å²) < 4.78 is 1.37. The van der Waals surface area contributed by atoms with Gasteiger partial charge in [-0.3, -0.25) is 0 Å². The number of aryl methyl sites for hydroxylation is 1. The van der Waals surface area contributed by atoms with Gasteiger partial charge in [-0.05, 0) is 0 Å².